The van der Waals surface area contributed by atoms with Gasteiger partial charge in [-0.15, -0.1) is 0 Å². The largest absolute Gasteiger partial charge is 0.496 e. The van der Waals surface area contributed by atoms with Crippen molar-refractivity contribution < 1.29 is 9.53 Å². The molecule has 0 aliphatic carbocycles. The number of piperazine rings is 1. The topological polar surface area (TPSA) is 41.6 Å². The summed E-state index contributed by atoms with van der Waals surface area (Å²) in [6.45, 7) is 3.92. The number of benzene rings is 1. The van der Waals surface area contributed by atoms with Crippen LogP contribution >= 0.6 is 0 Å². The molecule has 1 atom stereocenters. The van der Waals surface area contributed by atoms with Gasteiger partial charge in [-0.2, -0.15) is 0 Å². The third-order valence-corrected chi connectivity index (χ3v) is 3.14. The van der Waals surface area contributed by atoms with E-state index in [0.717, 1.165) is 24.4 Å². The Morgan fingerprint density at radius 1 is 1.47 bits per heavy atom. The normalized spacial score (nSPS) is 20.1. The van der Waals surface area contributed by atoms with E-state index in [2.05, 4.69) is 5.32 Å². The fourth-order valence-electron chi connectivity index (χ4n) is 2.20. The van der Waals surface area contributed by atoms with Crippen LogP contribution in [0.25, 0.3) is 0 Å². The summed E-state index contributed by atoms with van der Waals surface area (Å²) in [4.78, 5) is 13.3. The summed E-state index contributed by atoms with van der Waals surface area (Å²) < 4.78 is 5.35. The molecular weight excluding hydrogens is 216 g/mol. The Labute approximate surface area is 102 Å². The molecule has 1 saturated heterocycles. The fourth-order valence-corrected chi connectivity index (χ4v) is 2.20. The maximum absolute atomic E-state index is 11.4. The van der Waals surface area contributed by atoms with Gasteiger partial charge in [-0.3, -0.25) is 4.79 Å². The quantitative estimate of drug-likeness (QED) is 0.835. The zero-order valence-electron chi connectivity index (χ0n) is 10.3. The van der Waals surface area contributed by atoms with Crippen LogP contribution in [0.2, 0.25) is 0 Å². The summed E-state index contributed by atoms with van der Waals surface area (Å²) in [6, 6.07) is 8.09. The lowest BCUT2D eigenvalue weighted by atomic mass is 10.0. The van der Waals surface area contributed by atoms with E-state index in [1.165, 1.54) is 0 Å². The first-order valence-electron chi connectivity index (χ1n) is 5.84. The van der Waals surface area contributed by atoms with E-state index in [1.54, 1.807) is 14.0 Å². The zero-order valence-corrected chi connectivity index (χ0v) is 10.3. The predicted molar refractivity (Wildman–Crippen MR) is 66.0 cm³/mol. The third kappa shape index (κ3) is 2.58. The van der Waals surface area contributed by atoms with Gasteiger partial charge in [-0.25, -0.2) is 0 Å². The highest BCUT2D eigenvalue weighted by Gasteiger charge is 2.24. The second-order valence-electron chi connectivity index (χ2n) is 4.21. The van der Waals surface area contributed by atoms with Gasteiger partial charge in [0.05, 0.1) is 13.2 Å². The van der Waals surface area contributed by atoms with Gasteiger partial charge in [-0.05, 0) is 6.07 Å². The number of nitrogens with zero attached hydrogens (tertiary/aromatic N) is 1. The molecule has 0 spiro atoms. The molecule has 1 aliphatic rings. The maximum Gasteiger partial charge on any atom is 0.219 e. The monoisotopic (exact) mass is 234 g/mol. The maximum atomic E-state index is 11.4. The molecule has 4 heteroatoms. The second kappa shape index (κ2) is 5.19. The van der Waals surface area contributed by atoms with Crippen molar-refractivity contribution in [3.8, 4) is 5.75 Å². The summed E-state index contributed by atoms with van der Waals surface area (Å²) in [5, 5.41) is 3.42. The zero-order chi connectivity index (χ0) is 12.3. The van der Waals surface area contributed by atoms with Gasteiger partial charge in [0.25, 0.3) is 0 Å². The number of carbonyl (C=O) groups is 1. The Kier molecular flexibility index (Phi) is 3.64. The van der Waals surface area contributed by atoms with Crippen LogP contribution in [0, 0.1) is 0 Å². The molecule has 1 aromatic carbocycles. The molecule has 0 radical (unpaired) electrons. The van der Waals surface area contributed by atoms with Gasteiger partial charge < -0.3 is 15.0 Å². The van der Waals surface area contributed by atoms with Crippen molar-refractivity contribution in [1.82, 2.24) is 10.2 Å². The van der Waals surface area contributed by atoms with E-state index < -0.39 is 0 Å². The first-order chi connectivity index (χ1) is 8.22. The average molecular weight is 234 g/mol. The number of amides is 1. The fraction of sp³-hybridized carbons (Fsp3) is 0.462. The average Bonchev–Trinajstić information content (AvgIpc) is 2.39. The van der Waals surface area contributed by atoms with Crippen LogP contribution in [0.4, 0.5) is 0 Å². The number of rotatable bonds is 2. The number of carbonyl (C=O) groups excluding carboxylic acids is 1. The highest BCUT2D eigenvalue weighted by molar-refractivity contribution is 5.73. The molecule has 1 aromatic rings. The molecule has 1 aliphatic heterocycles. The van der Waals surface area contributed by atoms with E-state index in [4.69, 9.17) is 4.74 Å². The molecular formula is C13H18N2O2. The number of ether oxygens (including phenoxy) is 1. The molecule has 0 saturated carbocycles. The standard InChI is InChI=1S/C13H18N2O2/c1-10(16)15-8-7-14-12(9-15)11-5-3-4-6-13(11)17-2/h3-6,12,14H,7-9H2,1-2H3/t12-/m1/s1. The van der Waals surface area contributed by atoms with Crippen LogP contribution < -0.4 is 10.1 Å². The van der Waals surface area contributed by atoms with Crippen LogP contribution in [-0.4, -0.2) is 37.6 Å². The first kappa shape index (κ1) is 11.9. The van der Waals surface area contributed by atoms with E-state index in [1.807, 2.05) is 29.2 Å². The van der Waals surface area contributed by atoms with Gasteiger partial charge >= 0.3 is 0 Å². The van der Waals surface area contributed by atoms with Crippen LogP contribution in [0.3, 0.4) is 0 Å². The predicted octanol–water partition coefficient (Wildman–Crippen LogP) is 1.19. The SMILES string of the molecule is COc1ccccc1[C@H]1CN(C(C)=O)CCN1. The molecule has 4 nitrogen and oxygen atoms in total. The Hall–Kier alpha value is -1.55. The van der Waals surface area contributed by atoms with Crippen molar-refractivity contribution in [1.29, 1.82) is 0 Å². The molecule has 0 bridgehead atoms. The molecule has 2 rings (SSSR count). The number of hydrogen-bond donors (Lipinski definition) is 1. The number of nitrogens with one attached hydrogen (secondary N) is 1. The van der Waals surface area contributed by atoms with Crippen LogP contribution in [-0.2, 0) is 4.79 Å². The lowest BCUT2D eigenvalue weighted by Crippen LogP contribution is -2.47. The van der Waals surface area contributed by atoms with E-state index >= 15 is 0 Å². The number of para-hydroxylation sites is 1. The highest BCUT2D eigenvalue weighted by atomic mass is 16.5. The molecule has 1 fully saturated rings. The lowest BCUT2D eigenvalue weighted by Gasteiger charge is -2.33. The number of hydrogen-bond acceptors (Lipinski definition) is 3. The Morgan fingerprint density at radius 3 is 2.94 bits per heavy atom. The van der Waals surface area contributed by atoms with Crippen molar-refractivity contribution >= 4 is 5.91 Å². The first-order valence-corrected chi connectivity index (χ1v) is 5.84. The Balaban J connectivity index is 2.18. The Bertz CT molecular complexity index is 406. The minimum Gasteiger partial charge on any atom is -0.496 e. The minimum atomic E-state index is 0.131. The highest BCUT2D eigenvalue weighted by Crippen LogP contribution is 2.26. The minimum absolute atomic E-state index is 0.131. The molecule has 0 unspecified atom stereocenters. The van der Waals surface area contributed by atoms with Gasteiger partial charge in [0.2, 0.25) is 5.91 Å². The van der Waals surface area contributed by atoms with Crippen molar-refractivity contribution in [2.45, 2.75) is 13.0 Å². The van der Waals surface area contributed by atoms with Crippen molar-refractivity contribution in [2.75, 3.05) is 26.7 Å². The van der Waals surface area contributed by atoms with Gasteiger partial charge in [0, 0.05) is 32.1 Å². The van der Waals surface area contributed by atoms with Crippen LogP contribution in [0.5, 0.6) is 5.75 Å². The summed E-state index contributed by atoms with van der Waals surface area (Å²) in [5.41, 5.74) is 1.11. The van der Waals surface area contributed by atoms with Crippen molar-refractivity contribution in [3.05, 3.63) is 29.8 Å². The smallest absolute Gasteiger partial charge is 0.219 e. The molecule has 17 heavy (non-hydrogen) atoms. The van der Waals surface area contributed by atoms with Gasteiger partial charge in [0.1, 0.15) is 5.75 Å². The van der Waals surface area contributed by atoms with Crippen LogP contribution in [0.15, 0.2) is 24.3 Å². The Morgan fingerprint density at radius 2 is 2.24 bits per heavy atom. The van der Waals surface area contributed by atoms with E-state index in [0.29, 0.717) is 6.54 Å². The summed E-state index contributed by atoms with van der Waals surface area (Å²) in [5.74, 6) is 1.00. The van der Waals surface area contributed by atoms with Gasteiger partial charge in [-0.1, -0.05) is 18.2 Å². The summed E-state index contributed by atoms with van der Waals surface area (Å²) in [7, 11) is 1.67. The molecule has 92 valence electrons. The van der Waals surface area contributed by atoms with Gasteiger partial charge in [0.15, 0.2) is 0 Å². The van der Waals surface area contributed by atoms with Crippen molar-refractivity contribution in [2.24, 2.45) is 0 Å². The second-order valence-corrected chi connectivity index (χ2v) is 4.21. The summed E-state index contributed by atoms with van der Waals surface area (Å²) in [6.07, 6.45) is 0. The third-order valence-electron chi connectivity index (χ3n) is 3.14. The van der Waals surface area contributed by atoms with Crippen LogP contribution in [0.1, 0.15) is 18.5 Å². The number of methoxy groups -OCH3 is 1. The molecule has 0 aromatic heterocycles. The molecule has 1 N–H and O–H groups in total. The molecule has 1 heterocycles. The van der Waals surface area contributed by atoms with E-state index in [9.17, 15) is 4.79 Å². The lowest BCUT2D eigenvalue weighted by molar-refractivity contribution is -0.130. The van der Waals surface area contributed by atoms with Crippen molar-refractivity contribution in [3.63, 3.8) is 0 Å². The summed E-state index contributed by atoms with van der Waals surface area (Å²) >= 11 is 0. The molecule has 1 amide bonds. The van der Waals surface area contributed by atoms with E-state index in [-0.39, 0.29) is 11.9 Å².